The quantitative estimate of drug-likeness (QED) is 0.685. The van der Waals surface area contributed by atoms with Crippen molar-refractivity contribution in [3.05, 3.63) is 89.6 Å². The van der Waals surface area contributed by atoms with Gasteiger partial charge in [0.1, 0.15) is 11.6 Å². The van der Waals surface area contributed by atoms with Gasteiger partial charge in [0.25, 0.3) is 5.91 Å². The van der Waals surface area contributed by atoms with Crippen LogP contribution in [-0.4, -0.2) is 18.0 Å². The van der Waals surface area contributed by atoms with E-state index in [4.69, 9.17) is 4.74 Å². The summed E-state index contributed by atoms with van der Waals surface area (Å²) >= 11 is 0. The average molecular weight is 347 g/mol. The molecule has 5 heteroatoms. The third-order valence-corrected chi connectivity index (χ3v) is 3.95. The highest BCUT2D eigenvalue weighted by atomic mass is 16.5. The van der Waals surface area contributed by atoms with Crippen LogP contribution >= 0.6 is 0 Å². The summed E-state index contributed by atoms with van der Waals surface area (Å²) < 4.78 is 5.12. The summed E-state index contributed by atoms with van der Waals surface area (Å²) in [6, 6.07) is 21.3. The number of carbonyl (C=O) groups excluding carboxylic acids is 1. The number of rotatable bonds is 7. The van der Waals surface area contributed by atoms with Gasteiger partial charge in [0.2, 0.25) is 0 Å². The number of hydrogen-bond acceptors (Lipinski definition) is 4. The fourth-order valence-electron chi connectivity index (χ4n) is 2.45. The maximum absolute atomic E-state index is 12.2. The van der Waals surface area contributed by atoms with E-state index in [1.54, 1.807) is 19.4 Å². The number of nitrogens with zero attached hydrogens (tertiary/aromatic N) is 1. The van der Waals surface area contributed by atoms with E-state index in [2.05, 4.69) is 15.6 Å². The maximum atomic E-state index is 12.2. The van der Waals surface area contributed by atoms with Crippen LogP contribution in [0.25, 0.3) is 0 Å². The molecule has 5 nitrogen and oxygen atoms in total. The van der Waals surface area contributed by atoms with Crippen LogP contribution in [0.15, 0.2) is 72.9 Å². The number of carbonyl (C=O) groups is 1. The molecule has 0 spiro atoms. The van der Waals surface area contributed by atoms with Gasteiger partial charge >= 0.3 is 0 Å². The van der Waals surface area contributed by atoms with E-state index in [0.717, 1.165) is 17.1 Å². The van der Waals surface area contributed by atoms with Crippen LogP contribution in [0, 0.1) is 0 Å². The summed E-state index contributed by atoms with van der Waals surface area (Å²) in [6.07, 6.45) is 1.58. The fourth-order valence-corrected chi connectivity index (χ4v) is 2.45. The number of ether oxygens (including phenoxy) is 1. The number of methoxy groups -OCH3 is 1. The summed E-state index contributed by atoms with van der Waals surface area (Å²) in [5, 5.41) is 6.13. The Morgan fingerprint density at radius 3 is 2.31 bits per heavy atom. The number of aromatic nitrogens is 1. The van der Waals surface area contributed by atoms with Crippen LogP contribution in [-0.2, 0) is 13.1 Å². The van der Waals surface area contributed by atoms with Gasteiger partial charge in [-0.1, -0.05) is 42.5 Å². The molecule has 0 saturated heterocycles. The molecule has 1 heterocycles. The first-order valence-corrected chi connectivity index (χ1v) is 8.39. The molecule has 0 bridgehead atoms. The molecule has 2 N–H and O–H groups in total. The number of amides is 1. The SMILES string of the molecule is COc1ccc(CNC(=O)c2ccc(NCc3ccccc3)nc2)cc1. The Bertz CT molecular complexity index is 831. The molecular weight excluding hydrogens is 326 g/mol. The monoisotopic (exact) mass is 347 g/mol. The van der Waals surface area contributed by atoms with Crippen molar-refractivity contribution in [3.8, 4) is 5.75 Å². The number of benzene rings is 2. The summed E-state index contributed by atoms with van der Waals surface area (Å²) in [5.74, 6) is 1.38. The van der Waals surface area contributed by atoms with Crippen molar-refractivity contribution in [2.45, 2.75) is 13.1 Å². The Hall–Kier alpha value is -3.34. The zero-order valence-corrected chi connectivity index (χ0v) is 14.6. The molecule has 0 aliphatic carbocycles. The summed E-state index contributed by atoms with van der Waals surface area (Å²) in [6.45, 7) is 1.15. The second-order valence-electron chi connectivity index (χ2n) is 5.80. The molecule has 3 rings (SSSR count). The zero-order valence-electron chi connectivity index (χ0n) is 14.6. The van der Waals surface area contributed by atoms with Crippen LogP contribution < -0.4 is 15.4 Å². The standard InChI is InChI=1S/C21H21N3O2/c1-26-19-10-7-17(8-11-19)14-24-21(25)18-9-12-20(23-15-18)22-13-16-5-3-2-4-6-16/h2-12,15H,13-14H2,1H3,(H,22,23)(H,24,25). The molecule has 0 aliphatic heterocycles. The van der Waals surface area contributed by atoms with Crippen LogP contribution in [0.4, 0.5) is 5.82 Å². The van der Waals surface area contributed by atoms with Crippen molar-refractivity contribution in [3.63, 3.8) is 0 Å². The minimum Gasteiger partial charge on any atom is -0.497 e. The molecule has 132 valence electrons. The average Bonchev–Trinajstić information content (AvgIpc) is 2.72. The Morgan fingerprint density at radius 1 is 0.923 bits per heavy atom. The first-order chi connectivity index (χ1) is 12.7. The van der Waals surface area contributed by atoms with Gasteiger partial charge < -0.3 is 15.4 Å². The molecule has 1 amide bonds. The maximum Gasteiger partial charge on any atom is 0.253 e. The molecule has 0 saturated carbocycles. The van der Waals surface area contributed by atoms with Crippen LogP contribution in [0.5, 0.6) is 5.75 Å². The minimum atomic E-state index is -0.150. The third kappa shape index (κ3) is 4.83. The topological polar surface area (TPSA) is 63.2 Å². The van der Waals surface area contributed by atoms with Gasteiger partial charge in [-0.15, -0.1) is 0 Å². The Kier molecular flexibility index (Phi) is 5.83. The van der Waals surface area contributed by atoms with Crippen molar-refractivity contribution in [1.29, 1.82) is 0 Å². The Labute approximate surface area is 153 Å². The molecular formula is C21H21N3O2. The van der Waals surface area contributed by atoms with Crippen molar-refractivity contribution >= 4 is 11.7 Å². The number of pyridine rings is 1. The number of anilines is 1. The molecule has 26 heavy (non-hydrogen) atoms. The molecule has 0 unspecified atom stereocenters. The summed E-state index contributed by atoms with van der Waals surface area (Å²) in [4.78, 5) is 16.5. The summed E-state index contributed by atoms with van der Waals surface area (Å²) in [7, 11) is 1.63. The van der Waals surface area contributed by atoms with Crippen LogP contribution in [0.2, 0.25) is 0 Å². The Balaban J connectivity index is 1.51. The van der Waals surface area contributed by atoms with Crippen LogP contribution in [0.1, 0.15) is 21.5 Å². The van der Waals surface area contributed by atoms with Gasteiger partial charge in [0.15, 0.2) is 0 Å². The fraction of sp³-hybridized carbons (Fsp3) is 0.143. The molecule has 0 fully saturated rings. The van der Waals surface area contributed by atoms with E-state index < -0.39 is 0 Å². The van der Waals surface area contributed by atoms with E-state index in [0.29, 0.717) is 18.7 Å². The smallest absolute Gasteiger partial charge is 0.253 e. The lowest BCUT2D eigenvalue weighted by atomic mass is 10.2. The predicted octanol–water partition coefficient (Wildman–Crippen LogP) is 3.63. The minimum absolute atomic E-state index is 0.150. The highest BCUT2D eigenvalue weighted by Gasteiger charge is 2.06. The van der Waals surface area contributed by atoms with E-state index in [9.17, 15) is 4.79 Å². The molecule has 0 aliphatic rings. The van der Waals surface area contributed by atoms with Crippen molar-refractivity contribution in [1.82, 2.24) is 10.3 Å². The Morgan fingerprint density at radius 2 is 1.65 bits per heavy atom. The second kappa shape index (κ2) is 8.67. The highest BCUT2D eigenvalue weighted by molar-refractivity contribution is 5.94. The lowest BCUT2D eigenvalue weighted by molar-refractivity contribution is 0.0950. The third-order valence-electron chi connectivity index (χ3n) is 3.95. The van der Waals surface area contributed by atoms with E-state index >= 15 is 0 Å². The first kappa shape index (κ1) is 17.5. The second-order valence-corrected chi connectivity index (χ2v) is 5.80. The number of hydrogen-bond donors (Lipinski definition) is 2. The molecule has 3 aromatic rings. The van der Waals surface area contributed by atoms with Gasteiger partial charge in [0.05, 0.1) is 12.7 Å². The van der Waals surface area contributed by atoms with Gasteiger partial charge in [0, 0.05) is 19.3 Å². The summed E-state index contributed by atoms with van der Waals surface area (Å²) in [5.41, 5.74) is 2.72. The largest absolute Gasteiger partial charge is 0.497 e. The normalized spacial score (nSPS) is 10.2. The molecule has 0 radical (unpaired) electrons. The van der Waals surface area contributed by atoms with E-state index in [1.165, 1.54) is 5.56 Å². The molecule has 2 aromatic carbocycles. The highest BCUT2D eigenvalue weighted by Crippen LogP contribution is 2.12. The zero-order chi connectivity index (χ0) is 18.2. The van der Waals surface area contributed by atoms with E-state index in [-0.39, 0.29) is 5.91 Å². The van der Waals surface area contributed by atoms with E-state index in [1.807, 2.05) is 60.7 Å². The van der Waals surface area contributed by atoms with Crippen LogP contribution in [0.3, 0.4) is 0 Å². The number of nitrogens with one attached hydrogen (secondary N) is 2. The van der Waals surface area contributed by atoms with Gasteiger partial charge in [-0.05, 0) is 35.4 Å². The molecule has 1 aromatic heterocycles. The molecule has 0 atom stereocenters. The van der Waals surface area contributed by atoms with Crippen molar-refractivity contribution in [2.75, 3.05) is 12.4 Å². The van der Waals surface area contributed by atoms with Gasteiger partial charge in [-0.25, -0.2) is 4.98 Å². The first-order valence-electron chi connectivity index (χ1n) is 8.39. The van der Waals surface area contributed by atoms with Gasteiger partial charge in [-0.2, -0.15) is 0 Å². The van der Waals surface area contributed by atoms with Crippen molar-refractivity contribution in [2.24, 2.45) is 0 Å². The lowest BCUT2D eigenvalue weighted by Crippen LogP contribution is -2.22. The lowest BCUT2D eigenvalue weighted by Gasteiger charge is -2.08. The predicted molar refractivity (Wildman–Crippen MR) is 102 cm³/mol. The van der Waals surface area contributed by atoms with Crippen molar-refractivity contribution < 1.29 is 9.53 Å². The van der Waals surface area contributed by atoms with Gasteiger partial charge in [-0.3, -0.25) is 4.79 Å².